The van der Waals surface area contributed by atoms with Crippen molar-refractivity contribution in [3.63, 3.8) is 0 Å². The van der Waals surface area contributed by atoms with Gasteiger partial charge in [-0.2, -0.15) is 0 Å². The second-order valence-electron chi connectivity index (χ2n) is 6.30. The Balaban J connectivity index is 1.76. The van der Waals surface area contributed by atoms with Gasteiger partial charge in [0.25, 0.3) is 0 Å². The highest BCUT2D eigenvalue weighted by Crippen LogP contribution is 2.35. The zero-order valence-electron chi connectivity index (χ0n) is 13.5. The van der Waals surface area contributed by atoms with Crippen molar-refractivity contribution in [1.82, 2.24) is 5.32 Å². The van der Waals surface area contributed by atoms with E-state index in [9.17, 15) is 4.79 Å². The van der Waals surface area contributed by atoms with Crippen molar-refractivity contribution < 1.29 is 9.53 Å². The molecular weight excluding hydrogens is 314 g/mol. The zero-order valence-corrected chi connectivity index (χ0v) is 14.2. The molecule has 1 aromatic carbocycles. The van der Waals surface area contributed by atoms with E-state index in [0.29, 0.717) is 24.3 Å². The second-order valence-corrected chi connectivity index (χ2v) is 6.71. The van der Waals surface area contributed by atoms with Crippen LogP contribution in [0.3, 0.4) is 0 Å². The number of halogens is 1. The van der Waals surface area contributed by atoms with Gasteiger partial charge in [-0.3, -0.25) is 4.79 Å². The Morgan fingerprint density at radius 1 is 1.39 bits per heavy atom. The monoisotopic (exact) mass is 337 g/mol. The molecule has 0 aliphatic carbocycles. The fraction of sp³-hybridized carbons (Fsp3) is 0.588. The molecular formula is C17H24ClN3O2. The third kappa shape index (κ3) is 3.97. The van der Waals surface area contributed by atoms with Gasteiger partial charge < -0.3 is 20.3 Å². The SMILES string of the molecule is C[C@H]1C[C@@H](C(=O)Nc2cccc(Cl)c2N2CCOCC2)CCN1. The first kappa shape index (κ1) is 16.6. The van der Waals surface area contributed by atoms with Crippen LogP contribution in [0.2, 0.25) is 5.02 Å². The predicted octanol–water partition coefficient (Wildman–Crippen LogP) is 2.50. The largest absolute Gasteiger partial charge is 0.378 e. The Morgan fingerprint density at radius 3 is 2.91 bits per heavy atom. The lowest BCUT2D eigenvalue weighted by Crippen LogP contribution is -2.40. The molecule has 0 aromatic heterocycles. The van der Waals surface area contributed by atoms with E-state index < -0.39 is 0 Å². The van der Waals surface area contributed by atoms with Crippen molar-refractivity contribution >= 4 is 28.9 Å². The number of nitrogens with zero attached hydrogens (tertiary/aromatic N) is 1. The van der Waals surface area contributed by atoms with Gasteiger partial charge in [0, 0.05) is 25.0 Å². The van der Waals surface area contributed by atoms with E-state index in [1.54, 1.807) is 0 Å². The number of benzene rings is 1. The molecule has 0 radical (unpaired) electrons. The maximum Gasteiger partial charge on any atom is 0.227 e. The van der Waals surface area contributed by atoms with E-state index in [-0.39, 0.29) is 11.8 Å². The van der Waals surface area contributed by atoms with Crippen molar-refractivity contribution in [3.8, 4) is 0 Å². The van der Waals surface area contributed by atoms with Crippen LogP contribution in [0.5, 0.6) is 0 Å². The van der Waals surface area contributed by atoms with E-state index in [1.165, 1.54) is 0 Å². The molecule has 2 fully saturated rings. The first-order chi connectivity index (χ1) is 11.1. The lowest BCUT2D eigenvalue weighted by atomic mass is 9.92. The smallest absolute Gasteiger partial charge is 0.227 e. The number of carbonyl (C=O) groups is 1. The van der Waals surface area contributed by atoms with Crippen molar-refractivity contribution in [2.24, 2.45) is 5.92 Å². The fourth-order valence-electron chi connectivity index (χ4n) is 3.33. The minimum Gasteiger partial charge on any atom is -0.378 e. The van der Waals surface area contributed by atoms with Crippen molar-refractivity contribution in [1.29, 1.82) is 0 Å². The van der Waals surface area contributed by atoms with Crippen molar-refractivity contribution in [3.05, 3.63) is 23.2 Å². The van der Waals surface area contributed by atoms with Gasteiger partial charge in [-0.15, -0.1) is 0 Å². The number of piperidine rings is 1. The van der Waals surface area contributed by atoms with E-state index >= 15 is 0 Å². The van der Waals surface area contributed by atoms with Crippen LogP contribution in [-0.2, 0) is 9.53 Å². The predicted molar refractivity (Wildman–Crippen MR) is 93.3 cm³/mol. The number of hydrogen-bond acceptors (Lipinski definition) is 4. The molecule has 2 aliphatic heterocycles. The number of rotatable bonds is 3. The number of amides is 1. The van der Waals surface area contributed by atoms with Gasteiger partial charge in [-0.25, -0.2) is 0 Å². The van der Waals surface area contributed by atoms with Crippen LogP contribution < -0.4 is 15.5 Å². The molecule has 0 unspecified atom stereocenters. The molecule has 3 rings (SSSR count). The molecule has 23 heavy (non-hydrogen) atoms. The second kappa shape index (κ2) is 7.51. The molecule has 0 saturated carbocycles. The minimum atomic E-state index is 0.0581. The maximum atomic E-state index is 12.6. The number of anilines is 2. The molecule has 1 amide bonds. The number of nitrogens with one attached hydrogen (secondary N) is 2. The molecule has 2 heterocycles. The molecule has 126 valence electrons. The van der Waals surface area contributed by atoms with E-state index in [1.807, 2.05) is 18.2 Å². The van der Waals surface area contributed by atoms with Gasteiger partial charge in [-0.05, 0) is 38.4 Å². The summed E-state index contributed by atoms with van der Waals surface area (Å²) in [5.41, 5.74) is 1.71. The summed E-state index contributed by atoms with van der Waals surface area (Å²) in [6.45, 7) is 5.96. The highest BCUT2D eigenvalue weighted by molar-refractivity contribution is 6.34. The molecule has 6 heteroatoms. The first-order valence-electron chi connectivity index (χ1n) is 8.30. The molecule has 1 aromatic rings. The first-order valence-corrected chi connectivity index (χ1v) is 8.68. The van der Waals surface area contributed by atoms with Crippen molar-refractivity contribution in [2.75, 3.05) is 43.1 Å². The van der Waals surface area contributed by atoms with Gasteiger partial charge >= 0.3 is 0 Å². The van der Waals surface area contributed by atoms with Crippen LogP contribution in [0.4, 0.5) is 11.4 Å². The Morgan fingerprint density at radius 2 is 2.17 bits per heavy atom. The molecule has 2 saturated heterocycles. The molecule has 5 nitrogen and oxygen atoms in total. The Kier molecular flexibility index (Phi) is 5.41. The fourth-order valence-corrected chi connectivity index (χ4v) is 3.62. The average Bonchev–Trinajstić information content (AvgIpc) is 2.56. The summed E-state index contributed by atoms with van der Waals surface area (Å²) in [5, 5.41) is 7.15. The number of ether oxygens (including phenoxy) is 1. The molecule has 2 atom stereocenters. The van der Waals surface area contributed by atoms with E-state index in [2.05, 4.69) is 22.5 Å². The summed E-state index contributed by atoms with van der Waals surface area (Å²) >= 11 is 6.41. The van der Waals surface area contributed by atoms with Gasteiger partial charge in [0.05, 0.1) is 29.6 Å². The standard InChI is InChI=1S/C17H24ClN3O2/c1-12-11-13(5-6-19-12)17(22)20-15-4-2-3-14(18)16(15)21-7-9-23-10-8-21/h2-4,12-13,19H,5-11H2,1H3,(H,20,22)/t12-,13-/m0/s1. The molecule has 2 N–H and O–H groups in total. The highest BCUT2D eigenvalue weighted by Gasteiger charge is 2.26. The van der Waals surface area contributed by atoms with Crippen molar-refractivity contribution in [2.45, 2.75) is 25.8 Å². The number of hydrogen-bond donors (Lipinski definition) is 2. The summed E-state index contributed by atoms with van der Waals surface area (Å²) in [6.07, 6.45) is 1.75. The van der Waals surface area contributed by atoms with Crippen LogP contribution in [0.25, 0.3) is 0 Å². The quantitative estimate of drug-likeness (QED) is 0.890. The van der Waals surface area contributed by atoms with Crippen LogP contribution >= 0.6 is 11.6 Å². The Labute approximate surface area is 142 Å². The van der Waals surface area contributed by atoms with Crippen LogP contribution in [0.1, 0.15) is 19.8 Å². The lowest BCUT2D eigenvalue weighted by Gasteiger charge is -2.32. The summed E-state index contributed by atoms with van der Waals surface area (Å²) in [4.78, 5) is 14.8. The highest BCUT2D eigenvalue weighted by atomic mass is 35.5. The third-order valence-electron chi connectivity index (χ3n) is 4.57. The molecule has 2 aliphatic rings. The summed E-state index contributed by atoms with van der Waals surface area (Å²) in [6, 6.07) is 6.07. The Hall–Kier alpha value is -1.30. The van der Waals surface area contributed by atoms with E-state index in [0.717, 1.165) is 43.9 Å². The molecule has 0 bridgehead atoms. The summed E-state index contributed by atoms with van der Waals surface area (Å²) in [7, 11) is 0. The van der Waals surface area contributed by atoms with Gasteiger partial charge in [0.15, 0.2) is 0 Å². The third-order valence-corrected chi connectivity index (χ3v) is 4.87. The Bertz CT molecular complexity index is 561. The van der Waals surface area contributed by atoms with Gasteiger partial charge in [0.2, 0.25) is 5.91 Å². The van der Waals surface area contributed by atoms with Gasteiger partial charge in [-0.1, -0.05) is 17.7 Å². The average molecular weight is 338 g/mol. The number of morpholine rings is 1. The van der Waals surface area contributed by atoms with Gasteiger partial charge in [0.1, 0.15) is 0 Å². The lowest BCUT2D eigenvalue weighted by molar-refractivity contribution is -0.120. The minimum absolute atomic E-state index is 0.0581. The van der Waals surface area contributed by atoms with Crippen LogP contribution in [0.15, 0.2) is 18.2 Å². The van der Waals surface area contributed by atoms with E-state index in [4.69, 9.17) is 16.3 Å². The summed E-state index contributed by atoms with van der Waals surface area (Å²) in [5.74, 6) is 0.151. The van der Waals surface area contributed by atoms with Crippen LogP contribution in [0, 0.1) is 5.92 Å². The normalized spacial score (nSPS) is 25.2. The summed E-state index contributed by atoms with van der Waals surface area (Å²) < 4.78 is 5.41. The zero-order chi connectivity index (χ0) is 16.2. The van der Waals surface area contributed by atoms with Crippen LogP contribution in [-0.4, -0.2) is 44.8 Å². The number of carbonyl (C=O) groups excluding carboxylic acids is 1. The topological polar surface area (TPSA) is 53.6 Å². The number of para-hydroxylation sites is 1. The maximum absolute atomic E-state index is 12.6. The molecule has 0 spiro atoms.